The Hall–Kier alpha value is -2.95. The zero-order valence-corrected chi connectivity index (χ0v) is 18.1. The average molecular weight is 484 g/mol. The predicted molar refractivity (Wildman–Crippen MR) is 114 cm³/mol. The number of amides is 1. The maximum absolute atomic E-state index is 12.7. The van der Waals surface area contributed by atoms with Crippen LogP contribution >= 0.6 is 11.6 Å². The number of carbonyl (C=O) groups is 1. The van der Waals surface area contributed by atoms with Crippen molar-refractivity contribution in [1.82, 2.24) is 15.0 Å². The third-order valence-electron chi connectivity index (χ3n) is 4.58. The molecular formula is C21H17ClF3N3O3S. The van der Waals surface area contributed by atoms with Crippen molar-refractivity contribution in [1.29, 1.82) is 0 Å². The largest absolute Gasteiger partial charge is 0.416 e. The Morgan fingerprint density at radius 2 is 1.75 bits per heavy atom. The van der Waals surface area contributed by atoms with E-state index in [-0.39, 0.29) is 22.0 Å². The van der Waals surface area contributed by atoms with E-state index in [1.807, 2.05) is 0 Å². The van der Waals surface area contributed by atoms with Crippen molar-refractivity contribution >= 4 is 27.5 Å². The minimum absolute atomic E-state index is 0.00290. The summed E-state index contributed by atoms with van der Waals surface area (Å²) in [6, 6.07) is 11.7. The molecule has 2 aromatic carbocycles. The normalized spacial score (nSPS) is 11.9. The van der Waals surface area contributed by atoms with Gasteiger partial charge in [-0.25, -0.2) is 13.1 Å². The summed E-state index contributed by atoms with van der Waals surface area (Å²) in [5, 5.41) is 2.84. The molecule has 32 heavy (non-hydrogen) atoms. The molecule has 1 amide bonds. The van der Waals surface area contributed by atoms with Gasteiger partial charge in [0.05, 0.1) is 21.7 Å². The van der Waals surface area contributed by atoms with E-state index in [1.54, 1.807) is 0 Å². The maximum atomic E-state index is 12.7. The summed E-state index contributed by atoms with van der Waals surface area (Å²) in [7, 11) is -2.35. The molecule has 0 bridgehead atoms. The van der Waals surface area contributed by atoms with Gasteiger partial charge in [-0.1, -0.05) is 29.8 Å². The Morgan fingerprint density at radius 1 is 1.06 bits per heavy atom. The lowest BCUT2D eigenvalue weighted by Gasteiger charge is -2.10. The smallest absolute Gasteiger partial charge is 0.348 e. The highest BCUT2D eigenvalue weighted by atomic mass is 35.5. The van der Waals surface area contributed by atoms with Crippen LogP contribution in [0.1, 0.15) is 21.5 Å². The first kappa shape index (κ1) is 23.7. The van der Waals surface area contributed by atoms with E-state index in [0.29, 0.717) is 16.8 Å². The Kier molecular flexibility index (Phi) is 6.87. The third-order valence-corrected chi connectivity index (χ3v) is 6.34. The number of hydrogen-bond donors (Lipinski definition) is 2. The number of benzene rings is 2. The van der Waals surface area contributed by atoms with Gasteiger partial charge >= 0.3 is 6.18 Å². The lowest BCUT2D eigenvalue weighted by Crippen LogP contribution is -2.23. The van der Waals surface area contributed by atoms with Gasteiger partial charge in [-0.3, -0.25) is 9.78 Å². The molecule has 0 aliphatic rings. The molecule has 0 aliphatic heterocycles. The van der Waals surface area contributed by atoms with Crippen LogP contribution < -0.4 is 10.0 Å². The van der Waals surface area contributed by atoms with Crippen molar-refractivity contribution in [3.63, 3.8) is 0 Å². The summed E-state index contributed by atoms with van der Waals surface area (Å²) < 4.78 is 63.8. The lowest BCUT2D eigenvalue weighted by atomic mass is 10.1. The standard InChI is InChI=1S/C21H17ClF3N3O3S/c1-26-32(30,31)17-8-4-14(18(22)10-17)11-28-20(29)15-5-9-19(27-12-15)13-2-6-16(7-3-13)21(23,24)25/h2-10,12,26H,11H2,1H3,(H,28,29). The Bertz CT molecular complexity index is 1230. The molecule has 1 heterocycles. The van der Waals surface area contributed by atoms with Crippen LogP contribution in [0.5, 0.6) is 0 Å². The minimum atomic E-state index is -4.42. The van der Waals surface area contributed by atoms with Crippen molar-refractivity contribution in [2.75, 3.05) is 7.05 Å². The number of halogens is 4. The summed E-state index contributed by atoms with van der Waals surface area (Å²) in [6.07, 6.45) is -3.11. The van der Waals surface area contributed by atoms with Crippen LogP contribution in [0.25, 0.3) is 11.3 Å². The zero-order chi connectivity index (χ0) is 23.5. The second-order valence-electron chi connectivity index (χ2n) is 6.65. The molecular weight excluding hydrogens is 467 g/mol. The molecule has 0 aliphatic carbocycles. The van der Waals surface area contributed by atoms with Crippen molar-refractivity contribution < 1.29 is 26.4 Å². The van der Waals surface area contributed by atoms with Crippen LogP contribution in [0.3, 0.4) is 0 Å². The Labute approximate surface area is 187 Å². The lowest BCUT2D eigenvalue weighted by molar-refractivity contribution is -0.137. The highest BCUT2D eigenvalue weighted by molar-refractivity contribution is 7.89. The monoisotopic (exact) mass is 483 g/mol. The van der Waals surface area contributed by atoms with Crippen molar-refractivity contribution in [2.24, 2.45) is 0 Å². The van der Waals surface area contributed by atoms with Gasteiger partial charge in [-0.15, -0.1) is 0 Å². The van der Waals surface area contributed by atoms with Crippen LogP contribution in [-0.2, 0) is 22.7 Å². The molecule has 0 spiro atoms. The van der Waals surface area contributed by atoms with Gasteiger partial charge in [0.2, 0.25) is 10.0 Å². The first-order chi connectivity index (χ1) is 15.0. The van der Waals surface area contributed by atoms with E-state index >= 15 is 0 Å². The fourth-order valence-corrected chi connectivity index (χ4v) is 3.83. The summed E-state index contributed by atoms with van der Waals surface area (Å²) >= 11 is 6.12. The Morgan fingerprint density at radius 3 is 2.28 bits per heavy atom. The molecule has 6 nitrogen and oxygen atoms in total. The first-order valence-electron chi connectivity index (χ1n) is 9.15. The van der Waals surface area contributed by atoms with E-state index in [2.05, 4.69) is 15.0 Å². The van der Waals surface area contributed by atoms with E-state index in [1.165, 1.54) is 55.7 Å². The van der Waals surface area contributed by atoms with Crippen molar-refractivity contribution in [3.8, 4) is 11.3 Å². The molecule has 0 saturated heterocycles. The van der Waals surface area contributed by atoms with Gasteiger partial charge in [0.25, 0.3) is 5.91 Å². The average Bonchev–Trinajstić information content (AvgIpc) is 2.77. The highest BCUT2D eigenvalue weighted by Gasteiger charge is 2.30. The van der Waals surface area contributed by atoms with Gasteiger partial charge in [0.15, 0.2) is 0 Å². The molecule has 168 valence electrons. The number of nitrogens with one attached hydrogen (secondary N) is 2. The molecule has 11 heteroatoms. The highest BCUT2D eigenvalue weighted by Crippen LogP contribution is 2.30. The topological polar surface area (TPSA) is 88.2 Å². The minimum Gasteiger partial charge on any atom is -0.348 e. The predicted octanol–water partition coefficient (Wildman–Crippen LogP) is 4.26. The second kappa shape index (κ2) is 9.27. The molecule has 0 radical (unpaired) electrons. The molecule has 0 unspecified atom stereocenters. The van der Waals surface area contributed by atoms with Crippen LogP contribution in [0, 0.1) is 0 Å². The number of nitrogens with zero attached hydrogens (tertiary/aromatic N) is 1. The Balaban J connectivity index is 1.67. The van der Waals surface area contributed by atoms with Crippen LogP contribution in [0.4, 0.5) is 13.2 Å². The summed E-state index contributed by atoms with van der Waals surface area (Å²) in [5.41, 5.74) is 0.899. The SMILES string of the molecule is CNS(=O)(=O)c1ccc(CNC(=O)c2ccc(-c3ccc(C(F)(F)F)cc3)nc2)c(Cl)c1. The summed E-state index contributed by atoms with van der Waals surface area (Å²) in [4.78, 5) is 16.5. The molecule has 2 N–H and O–H groups in total. The fourth-order valence-electron chi connectivity index (χ4n) is 2.76. The van der Waals surface area contributed by atoms with E-state index < -0.39 is 27.7 Å². The quantitative estimate of drug-likeness (QED) is 0.548. The molecule has 1 aromatic heterocycles. The second-order valence-corrected chi connectivity index (χ2v) is 8.94. The number of rotatable bonds is 6. The van der Waals surface area contributed by atoms with Gasteiger partial charge in [0, 0.05) is 23.3 Å². The number of carbonyl (C=O) groups excluding carboxylic acids is 1. The van der Waals surface area contributed by atoms with Gasteiger partial charge in [-0.2, -0.15) is 13.2 Å². The van der Waals surface area contributed by atoms with Crippen LogP contribution in [-0.4, -0.2) is 26.4 Å². The van der Waals surface area contributed by atoms with E-state index in [4.69, 9.17) is 11.6 Å². The summed E-state index contributed by atoms with van der Waals surface area (Å²) in [5.74, 6) is -0.445. The number of sulfonamides is 1. The van der Waals surface area contributed by atoms with E-state index in [0.717, 1.165) is 12.1 Å². The van der Waals surface area contributed by atoms with E-state index in [9.17, 15) is 26.4 Å². The number of alkyl halides is 3. The first-order valence-corrected chi connectivity index (χ1v) is 11.0. The van der Waals surface area contributed by atoms with Crippen molar-refractivity contribution in [3.05, 3.63) is 82.5 Å². The third kappa shape index (κ3) is 5.45. The number of pyridine rings is 1. The summed E-state index contributed by atoms with van der Waals surface area (Å²) in [6.45, 7) is 0.0538. The van der Waals surface area contributed by atoms with Crippen LogP contribution in [0.2, 0.25) is 5.02 Å². The molecule has 0 atom stereocenters. The molecule has 3 rings (SSSR count). The number of aromatic nitrogens is 1. The maximum Gasteiger partial charge on any atom is 0.416 e. The van der Waals surface area contributed by atoms with Crippen molar-refractivity contribution in [2.45, 2.75) is 17.6 Å². The molecule has 3 aromatic rings. The van der Waals surface area contributed by atoms with Gasteiger partial charge in [-0.05, 0) is 49.0 Å². The van der Waals surface area contributed by atoms with Gasteiger partial charge in [0.1, 0.15) is 0 Å². The fraction of sp³-hybridized carbons (Fsp3) is 0.143. The molecule has 0 saturated carbocycles. The zero-order valence-electron chi connectivity index (χ0n) is 16.6. The molecule has 0 fully saturated rings. The number of hydrogen-bond acceptors (Lipinski definition) is 4. The van der Waals surface area contributed by atoms with Gasteiger partial charge < -0.3 is 5.32 Å². The van der Waals surface area contributed by atoms with Crippen LogP contribution in [0.15, 0.2) is 65.7 Å².